The van der Waals surface area contributed by atoms with Crippen molar-refractivity contribution in [2.75, 3.05) is 26.2 Å². The number of likely N-dealkylation sites (tertiary alicyclic amines) is 2. The van der Waals surface area contributed by atoms with Crippen molar-refractivity contribution in [3.8, 4) is 0 Å². The molecule has 0 spiro atoms. The molecule has 2 fully saturated rings. The number of carbonyl (C=O) groups is 3. The molecule has 2 aliphatic rings. The Kier molecular flexibility index (Phi) is 6.70. The summed E-state index contributed by atoms with van der Waals surface area (Å²) in [5.41, 5.74) is 1.03. The van der Waals surface area contributed by atoms with E-state index < -0.39 is 6.04 Å². The maximum atomic E-state index is 13.1. The summed E-state index contributed by atoms with van der Waals surface area (Å²) in [5.74, 6) is -0.124. The third-order valence-electron chi connectivity index (χ3n) is 6.20. The summed E-state index contributed by atoms with van der Waals surface area (Å²) in [4.78, 5) is 42.1. The normalized spacial score (nSPS) is 18.1. The van der Waals surface area contributed by atoms with Crippen molar-refractivity contribution in [1.29, 1.82) is 0 Å². The molecule has 31 heavy (non-hydrogen) atoms. The first-order valence-electron chi connectivity index (χ1n) is 11.1. The van der Waals surface area contributed by atoms with E-state index in [1.54, 1.807) is 17.0 Å². The maximum Gasteiger partial charge on any atom is 0.289 e. The highest BCUT2D eigenvalue weighted by molar-refractivity contribution is 5.92. The van der Waals surface area contributed by atoms with Crippen LogP contribution in [0.3, 0.4) is 0 Å². The quantitative estimate of drug-likeness (QED) is 0.774. The van der Waals surface area contributed by atoms with Gasteiger partial charge >= 0.3 is 0 Å². The first-order chi connectivity index (χ1) is 15.1. The van der Waals surface area contributed by atoms with Gasteiger partial charge in [-0.3, -0.25) is 14.4 Å². The van der Waals surface area contributed by atoms with Crippen LogP contribution >= 0.6 is 0 Å². The highest BCUT2D eigenvalue weighted by Gasteiger charge is 2.33. The first kappa shape index (κ1) is 21.2. The van der Waals surface area contributed by atoms with Crippen molar-refractivity contribution >= 4 is 17.7 Å². The molecule has 1 aromatic heterocycles. The summed E-state index contributed by atoms with van der Waals surface area (Å²) < 4.78 is 5.19. The second-order valence-corrected chi connectivity index (χ2v) is 8.33. The standard InChI is InChI=1S/C24H29N3O4/c28-22(19-10-14-27(15-11-19)24(30)21-9-6-16-31-21)25-20(17-18-7-2-1-3-8-18)23(29)26-12-4-5-13-26/h1-3,6-9,16,19-20H,4-5,10-15,17H2,(H,25,28). The van der Waals surface area contributed by atoms with Crippen molar-refractivity contribution in [2.24, 2.45) is 5.92 Å². The summed E-state index contributed by atoms with van der Waals surface area (Å²) in [6.45, 7) is 2.52. The number of hydrogen-bond donors (Lipinski definition) is 1. The highest BCUT2D eigenvalue weighted by atomic mass is 16.3. The van der Waals surface area contributed by atoms with Crippen LogP contribution in [0, 0.1) is 5.92 Å². The van der Waals surface area contributed by atoms with Gasteiger partial charge in [0.25, 0.3) is 5.91 Å². The number of benzene rings is 1. The number of nitrogens with zero attached hydrogens (tertiary/aromatic N) is 2. The van der Waals surface area contributed by atoms with Crippen LogP contribution in [0.2, 0.25) is 0 Å². The molecule has 0 radical (unpaired) electrons. The third-order valence-corrected chi connectivity index (χ3v) is 6.20. The monoisotopic (exact) mass is 423 g/mol. The van der Waals surface area contributed by atoms with E-state index in [2.05, 4.69) is 5.32 Å². The van der Waals surface area contributed by atoms with E-state index in [-0.39, 0.29) is 23.6 Å². The molecule has 1 N–H and O–H groups in total. The van der Waals surface area contributed by atoms with Crippen molar-refractivity contribution in [1.82, 2.24) is 15.1 Å². The van der Waals surface area contributed by atoms with Gasteiger partial charge in [-0.25, -0.2) is 0 Å². The molecule has 1 atom stereocenters. The number of nitrogens with one attached hydrogen (secondary N) is 1. The minimum Gasteiger partial charge on any atom is -0.459 e. The number of amides is 3. The average molecular weight is 424 g/mol. The summed E-state index contributed by atoms with van der Waals surface area (Å²) in [6, 6.07) is 12.6. The fraction of sp³-hybridized carbons (Fsp3) is 0.458. The first-order valence-corrected chi connectivity index (χ1v) is 11.1. The Hall–Kier alpha value is -3.09. The number of piperidine rings is 1. The molecule has 7 heteroatoms. The SMILES string of the molecule is O=C(NC(Cc1ccccc1)C(=O)N1CCCC1)C1CCN(C(=O)c2ccco2)CC1. The van der Waals surface area contributed by atoms with Gasteiger partial charge in [-0.15, -0.1) is 0 Å². The van der Waals surface area contributed by atoms with Crippen LogP contribution in [-0.2, 0) is 16.0 Å². The van der Waals surface area contributed by atoms with Gasteiger partial charge < -0.3 is 19.5 Å². The fourth-order valence-corrected chi connectivity index (χ4v) is 4.40. The lowest BCUT2D eigenvalue weighted by Crippen LogP contribution is -2.51. The molecule has 1 aromatic carbocycles. The molecule has 2 aromatic rings. The smallest absolute Gasteiger partial charge is 0.289 e. The number of hydrogen-bond acceptors (Lipinski definition) is 4. The molecule has 3 heterocycles. The van der Waals surface area contributed by atoms with E-state index >= 15 is 0 Å². The number of furan rings is 1. The van der Waals surface area contributed by atoms with Gasteiger partial charge in [-0.2, -0.15) is 0 Å². The molecular formula is C24H29N3O4. The van der Waals surface area contributed by atoms with Crippen molar-refractivity contribution in [3.05, 3.63) is 60.1 Å². The molecule has 164 valence electrons. The fourth-order valence-electron chi connectivity index (χ4n) is 4.40. The minimum absolute atomic E-state index is 0.000126. The lowest BCUT2D eigenvalue weighted by atomic mass is 9.94. The van der Waals surface area contributed by atoms with Gasteiger partial charge in [-0.1, -0.05) is 30.3 Å². The second kappa shape index (κ2) is 9.81. The Morgan fingerprint density at radius 1 is 0.935 bits per heavy atom. The predicted octanol–water partition coefficient (Wildman–Crippen LogP) is 2.48. The zero-order chi connectivity index (χ0) is 21.6. The van der Waals surface area contributed by atoms with Crippen LogP contribution in [0.25, 0.3) is 0 Å². The Morgan fingerprint density at radius 2 is 1.65 bits per heavy atom. The van der Waals surface area contributed by atoms with Crippen LogP contribution in [0.5, 0.6) is 0 Å². The molecule has 0 saturated carbocycles. The predicted molar refractivity (Wildman–Crippen MR) is 115 cm³/mol. The van der Waals surface area contributed by atoms with Gasteiger partial charge in [0.15, 0.2) is 5.76 Å². The Bertz CT molecular complexity index is 883. The molecule has 2 saturated heterocycles. The van der Waals surface area contributed by atoms with E-state index in [1.165, 1.54) is 6.26 Å². The minimum atomic E-state index is -0.559. The molecule has 0 aliphatic carbocycles. The molecule has 7 nitrogen and oxygen atoms in total. The summed E-state index contributed by atoms with van der Waals surface area (Å²) in [5, 5.41) is 3.03. The largest absolute Gasteiger partial charge is 0.459 e. The molecule has 1 unspecified atom stereocenters. The molecule has 0 bridgehead atoms. The number of rotatable bonds is 6. The highest BCUT2D eigenvalue weighted by Crippen LogP contribution is 2.20. The molecule has 4 rings (SSSR count). The molecule has 3 amide bonds. The summed E-state index contributed by atoms with van der Waals surface area (Å²) in [6.07, 6.45) is 5.15. The van der Waals surface area contributed by atoms with Crippen LogP contribution in [0.1, 0.15) is 41.8 Å². The Labute approximate surface area is 182 Å². The maximum absolute atomic E-state index is 13.1. The van der Waals surface area contributed by atoms with Crippen LogP contribution < -0.4 is 5.32 Å². The van der Waals surface area contributed by atoms with Gasteiger partial charge in [0, 0.05) is 38.5 Å². The lowest BCUT2D eigenvalue weighted by molar-refractivity contribution is -0.137. The van der Waals surface area contributed by atoms with Gasteiger partial charge in [0.1, 0.15) is 6.04 Å². The average Bonchev–Trinajstić information content (AvgIpc) is 3.53. The van der Waals surface area contributed by atoms with E-state index in [0.717, 1.165) is 31.5 Å². The van der Waals surface area contributed by atoms with Gasteiger partial charge in [0.05, 0.1) is 6.26 Å². The van der Waals surface area contributed by atoms with E-state index in [0.29, 0.717) is 38.1 Å². The van der Waals surface area contributed by atoms with E-state index in [1.807, 2.05) is 35.2 Å². The van der Waals surface area contributed by atoms with Crippen LogP contribution in [-0.4, -0.2) is 59.7 Å². The Balaban J connectivity index is 1.36. The summed E-state index contributed by atoms with van der Waals surface area (Å²) in [7, 11) is 0. The molecular weight excluding hydrogens is 394 g/mol. The molecule has 2 aliphatic heterocycles. The Morgan fingerprint density at radius 3 is 2.29 bits per heavy atom. The van der Waals surface area contributed by atoms with Gasteiger partial charge in [-0.05, 0) is 43.4 Å². The zero-order valence-electron chi connectivity index (χ0n) is 17.7. The lowest BCUT2D eigenvalue weighted by Gasteiger charge is -2.32. The summed E-state index contributed by atoms with van der Waals surface area (Å²) >= 11 is 0. The topological polar surface area (TPSA) is 82.9 Å². The van der Waals surface area contributed by atoms with Crippen molar-refractivity contribution in [2.45, 2.75) is 38.1 Å². The van der Waals surface area contributed by atoms with Crippen molar-refractivity contribution in [3.63, 3.8) is 0 Å². The van der Waals surface area contributed by atoms with Crippen LogP contribution in [0.4, 0.5) is 0 Å². The van der Waals surface area contributed by atoms with E-state index in [9.17, 15) is 14.4 Å². The number of carbonyl (C=O) groups excluding carboxylic acids is 3. The van der Waals surface area contributed by atoms with Crippen molar-refractivity contribution < 1.29 is 18.8 Å². The van der Waals surface area contributed by atoms with E-state index in [4.69, 9.17) is 4.42 Å². The third kappa shape index (κ3) is 5.16. The van der Waals surface area contributed by atoms with Crippen LogP contribution in [0.15, 0.2) is 53.1 Å². The van der Waals surface area contributed by atoms with Gasteiger partial charge in [0.2, 0.25) is 11.8 Å². The second-order valence-electron chi connectivity index (χ2n) is 8.33. The zero-order valence-corrected chi connectivity index (χ0v) is 17.7.